The van der Waals surface area contributed by atoms with Gasteiger partial charge >= 0.3 is 5.97 Å². The van der Waals surface area contributed by atoms with E-state index in [0.717, 1.165) is 10.2 Å². The number of benzene rings is 1. The van der Waals surface area contributed by atoms with Crippen molar-refractivity contribution in [3.8, 4) is 5.75 Å². The number of para-hydroxylation sites is 1. The highest BCUT2D eigenvalue weighted by atomic mass is 79.9. The van der Waals surface area contributed by atoms with E-state index in [1.807, 2.05) is 24.3 Å². The van der Waals surface area contributed by atoms with Crippen LogP contribution in [0.3, 0.4) is 0 Å². The maximum absolute atomic E-state index is 10.4. The first kappa shape index (κ1) is 14.0. The molecule has 0 aromatic heterocycles. The van der Waals surface area contributed by atoms with E-state index in [9.17, 15) is 4.79 Å². The summed E-state index contributed by atoms with van der Waals surface area (Å²) in [7, 11) is 0. The minimum Gasteiger partial charge on any atom is -0.490 e. The monoisotopic (exact) mass is 302 g/mol. The highest BCUT2D eigenvalue weighted by Crippen LogP contribution is 2.23. The summed E-state index contributed by atoms with van der Waals surface area (Å²) in [5.41, 5.74) is 0. The molecule has 1 aromatic carbocycles. The summed E-state index contributed by atoms with van der Waals surface area (Å²) < 4.78 is 16.3. The number of rotatable bonds is 7. The van der Waals surface area contributed by atoms with Crippen LogP contribution in [0.1, 0.15) is 6.92 Å². The molecule has 0 fully saturated rings. The summed E-state index contributed by atoms with van der Waals surface area (Å²) in [4.78, 5) is 10.4. The second-order valence-corrected chi connectivity index (χ2v) is 4.09. The Hall–Kier alpha value is -1.07. The van der Waals surface area contributed by atoms with E-state index >= 15 is 0 Å². The van der Waals surface area contributed by atoms with Crippen molar-refractivity contribution in [2.24, 2.45) is 0 Å². The predicted molar refractivity (Wildman–Crippen MR) is 67.1 cm³/mol. The second kappa shape index (κ2) is 8.08. The van der Waals surface area contributed by atoms with Gasteiger partial charge < -0.3 is 14.2 Å². The van der Waals surface area contributed by atoms with Crippen LogP contribution in [-0.4, -0.2) is 32.4 Å². The fourth-order valence-corrected chi connectivity index (χ4v) is 1.52. The Kier molecular flexibility index (Phi) is 6.65. The summed E-state index contributed by atoms with van der Waals surface area (Å²) >= 11 is 3.38. The molecule has 0 aliphatic rings. The van der Waals surface area contributed by atoms with Gasteiger partial charge in [-0.15, -0.1) is 0 Å². The number of hydrogen-bond acceptors (Lipinski definition) is 4. The van der Waals surface area contributed by atoms with Crippen molar-refractivity contribution in [2.45, 2.75) is 6.92 Å². The molecule has 0 saturated heterocycles. The highest BCUT2D eigenvalue weighted by molar-refractivity contribution is 9.10. The van der Waals surface area contributed by atoms with Crippen LogP contribution in [-0.2, 0) is 14.3 Å². The number of esters is 1. The Labute approximate surface area is 109 Å². The van der Waals surface area contributed by atoms with Gasteiger partial charge in [0, 0.05) is 6.92 Å². The Morgan fingerprint density at radius 2 is 1.88 bits per heavy atom. The molecular weight excluding hydrogens is 288 g/mol. The number of halogens is 1. The molecule has 4 nitrogen and oxygen atoms in total. The predicted octanol–water partition coefficient (Wildman–Crippen LogP) is 2.41. The van der Waals surface area contributed by atoms with E-state index in [0.29, 0.717) is 19.8 Å². The largest absolute Gasteiger partial charge is 0.490 e. The lowest BCUT2D eigenvalue weighted by molar-refractivity contribution is -0.142. The van der Waals surface area contributed by atoms with Gasteiger partial charge in [-0.1, -0.05) is 12.1 Å². The minimum absolute atomic E-state index is 0.282. The van der Waals surface area contributed by atoms with Gasteiger partial charge in [0.05, 0.1) is 17.7 Å². The molecule has 0 amide bonds. The first-order valence-corrected chi connectivity index (χ1v) is 6.08. The van der Waals surface area contributed by atoms with Crippen LogP contribution in [0.25, 0.3) is 0 Å². The third-order valence-corrected chi connectivity index (χ3v) is 2.51. The maximum Gasteiger partial charge on any atom is 0.302 e. The van der Waals surface area contributed by atoms with Crippen molar-refractivity contribution in [2.75, 3.05) is 26.4 Å². The van der Waals surface area contributed by atoms with Gasteiger partial charge in [0.15, 0.2) is 0 Å². The van der Waals surface area contributed by atoms with Crippen LogP contribution in [0, 0.1) is 0 Å². The third-order valence-electron chi connectivity index (χ3n) is 1.85. The molecule has 0 aliphatic carbocycles. The number of ether oxygens (including phenoxy) is 3. The smallest absolute Gasteiger partial charge is 0.302 e. The lowest BCUT2D eigenvalue weighted by Gasteiger charge is -2.08. The summed E-state index contributed by atoms with van der Waals surface area (Å²) in [6.07, 6.45) is 0. The zero-order valence-corrected chi connectivity index (χ0v) is 11.2. The summed E-state index contributed by atoms with van der Waals surface area (Å²) in [6, 6.07) is 7.62. The first-order chi connectivity index (χ1) is 8.20. The first-order valence-electron chi connectivity index (χ1n) is 5.28. The molecule has 1 aromatic rings. The van der Waals surface area contributed by atoms with Crippen LogP contribution in [0.2, 0.25) is 0 Å². The number of carbonyl (C=O) groups is 1. The Bertz CT molecular complexity index is 354. The van der Waals surface area contributed by atoms with Crippen LogP contribution in [0.5, 0.6) is 5.75 Å². The second-order valence-electron chi connectivity index (χ2n) is 3.23. The van der Waals surface area contributed by atoms with Gasteiger partial charge in [-0.25, -0.2) is 0 Å². The molecule has 0 N–H and O–H groups in total. The zero-order valence-electron chi connectivity index (χ0n) is 9.65. The topological polar surface area (TPSA) is 44.8 Å². The summed E-state index contributed by atoms with van der Waals surface area (Å²) in [6.45, 7) is 2.96. The van der Waals surface area contributed by atoms with Gasteiger partial charge in [0.2, 0.25) is 0 Å². The van der Waals surface area contributed by atoms with Gasteiger partial charge in [-0.05, 0) is 28.1 Å². The summed E-state index contributed by atoms with van der Waals surface area (Å²) in [5.74, 6) is 0.495. The quantitative estimate of drug-likeness (QED) is 0.573. The molecule has 1 rings (SSSR count). The van der Waals surface area contributed by atoms with E-state index in [-0.39, 0.29) is 12.6 Å². The van der Waals surface area contributed by atoms with Gasteiger partial charge in [-0.2, -0.15) is 0 Å². The molecule has 0 atom stereocenters. The number of hydrogen-bond donors (Lipinski definition) is 0. The van der Waals surface area contributed by atoms with E-state index < -0.39 is 0 Å². The lowest BCUT2D eigenvalue weighted by atomic mass is 10.3. The molecule has 0 spiro atoms. The molecule has 0 heterocycles. The average Bonchev–Trinajstić information content (AvgIpc) is 2.30. The van der Waals surface area contributed by atoms with E-state index in [2.05, 4.69) is 15.9 Å². The molecule has 0 unspecified atom stereocenters. The van der Waals surface area contributed by atoms with Crippen LogP contribution in [0.4, 0.5) is 0 Å². The van der Waals surface area contributed by atoms with Gasteiger partial charge in [0.25, 0.3) is 0 Å². The number of carbonyl (C=O) groups excluding carboxylic acids is 1. The van der Waals surface area contributed by atoms with Crippen molar-refractivity contribution in [3.63, 3.8) is 0 Å². The molecule has 17 heavy (non-hydrogen) atoms. The van der Waals surface area contributed by atoms with E-state index in [1.165, 1.54) is 6.92 Å². The van der Waals surface area contributed by atoms with Crippen molar-refractivity contribution < 1.29 is 19.0 Å². The van der Waals surface area contributed by atoms with Crippen LogP contribution >= 0.6 is 15.9 Å². The fourth-order valence-electron chi connectivity index (χ4n) is 1.12. The molecule has 94 valence electrons. The van der Waals surface area contributed by atoms with E-state index in [4.69, 9.17) is 14.2 Å². The third kappa shape index (κ3) is 6.28. The highest BCUT2D eigenvalue weighted by Gasteiger charge is 1.98. The molecule has 0 bridgehead atoms. The zero-order chi connectivity index (χ0) is 12.5. The van der Waals surface area contributed by atoms with Crippen molar-refractivity contribution in [1.82, 2.24) is 0 Å². The van der Waals surface area contributed by atoms with Crippen molar-refractivity contribution in [1.29, 1.82) is 0 Å². The average molecular weight is 303 g/mol. The van der Waals surface area contributed by atoms with Gasteiger partial charge in [-0.3, -0.25) is 4.79 Å². The molecule has 0 radical (unpaired) electrons. The Morgan fingerprint density at radius 1 is 1.18 bits per heavy atom. The fraction of sp³-hybridized carbons (Fsp3) is 0.417. The Morgan fingerprint density at radius 3 is 2.59 bits per heavy atom. The lowest BCUT2D eigenvalue weighted by Crippen LogP contribution is -2.12. The minimum atomic E-state index is -0.293. The van der Waals surface area contributed by atoms with Crippen LogP contribution < -0.4 is 4.74 Å². The Balaban J connectivity index is 2.05. The van der Waals surface area contributed by atoms with Crippen LogP contribution in [0.15, 0.2) is 28.7 Å². The molecule has 0 aliphatic heterocycles. The maximum atomic E-state index is 10.4. The van der Waals surface area contributed by atoms with Crippen molar-refractivity contribution in [3.05, 3.63) is 28.7 Å². The molecular formula is C12H15BrO4. The van der Waals surface area contributed by atoms with Gasteiger partial charge in [0.1, 0.15) is 19.0 Å². The standard InChI is InChI=1S/C12H15BrO4/c1-10(14)16-8-6-15-7-9-17-12-5-3-2-4-11(12)13/h2-5H,6-9H2,1H3. The molecule has 5 heteroatoms. The summed E-state index contributed by atoms with van der Waals surface area (Å²) in [5, 5.41) is 0. The molecule has 0 saturated carbocycles. The SMILES string of the molecule is CC(=O)OCCOCCOc1ccccc1Br. The van der Waals surface area contributed by atoms with Crippen molar-refractivity contribution >= 4 is 21.9 Å². The van der Waals surface area contributed by atoms with E-state index in [1.54, 1.807) is 0 Å². The normalized spacial score (nSPS) is 10.0.